The Balaban J connectivity index is 1.59. The lowest BCUT2D eigenvalue weighted by Gasteiger charge is -2.33. The van der Waals surface area contributed by atoms with Crippen LogP contribution in [0.25, 0.3) is 0 Å². The van der Waals surface area contributed by atoms with E-state index in [0.29, 0.717) is 21.5 Å². The molecule has 3 aromatic carbocycles. The smallest absolute Gasteiger partial charge is 0.259 e. The summed E-state index contributed by atoms with van der Waals surface area (Å²) in [4.78, 5) is 12.8. The number of benzene rings is 3. The maximum atomic E-state index is 12.8. The predicted molar refractivity (Wildman–Crippen MR) is 125 cm³/mol. The summed E-state index contributed by atoms with van der Waals surface area (Å²) in [6.07, 6.45) is 4.25. The number of hydrogen-bond acceptors (Lipinski definition) is 3. The maximum Gasteiger partial charge on any atom is 0.259 e. The maximum absolute atomic E-state index is 12.8. The first-order valence-corrected chi connectivity index (χ1v) is 11.1. The number of nitrogens with one attached hydrogen (secondary N) is 1. The van der Waals surface area contributed by atoms with E-state index in [1.54, 1.807) is 18.2 Å². The van der Waals surface area contributed by atoms with Crippen LogP contribution >= 0.6 is 23.2 Å². The molecule has 2 N–H and O–H groups in total. The van der Waals surface area contributed by atoms with Crippen LogP contribution in [0.3, 0.4) is 0 Å². The molecule has 31 heavy (non-hydrogen) atoms. The summed E-state index contributed by atoms with van der Waals surface area (Å²) >= 11 is 12.2. The highest BCUT2D eigenvalue weighted by Crippen LogP contribution is 2.38. The average molecular weight is 456 g/mol. The fourth-order valence-electron chi connectivity index (χ4n) is 4.06. The largest absolute Gasteiger partial charge is 0.507 e. The van der Waals surface area contributed by atoms with Crippen molar-refractivity contribution in [3.63, 3.8) is 0 Å². The summed E-state index contributed by atoms with van der Waals surface area (Å²) < 4.78 is 6.44. The second-order valence-corrected chi connectivity index (χ2v) is 8.59. The van der Waals surface area contributed by atoms with Crippen molar-refractivity contribution in [1.82, 2.24) is 0 Å². The number of carbonyl (C=O) groups excluding carboxylic acids is 1. The van der Waals surface area contributed by atoms with Gasteiger partial charge in [-0.25, -0.2) is 0 Å². The fourth-order valence-corrected chi connectivity index (χ4v) is 4.41. The molecule has 4 nitrogen and oxygen atoms in total. The predicted octanol–water partition coefficient (Wildman–Crippen LogP) is 7.06. The Morgan fingerprint density at radius 2 is 1.65 bits per heavy atom. The van der Waals surface area contributed by atoms with E-state index in [2.05, 4.69) is 17.4 Å². The van der Waals surface area contributed by atoms with Gasteiger partial charge in [0.25, 0.3) is 5.91 Å². The van der Waals surface area contributed by atoms with Gasteiger partial charge < -0.3 is 15.2 Å². The number of anilines is 1. The van der Waals surface area contributed by atoms with E-state index in [1.807, 2.05) is 18.2 Å². The summed E-state index contributed by atoms with van der Waals surface area (Å²) in [5, 5.41) is 13.7. The first-order valence-electron chi connectivity index (χ1n) is 10.3. The summed E-state index contributed by atoms with van der Waals surface area (Å²) in [6, 6.07) is 19.9. The highest BCUT2D eigenvalue weighted by molar-refractivity contribution is 6.31. The van der Waals surface area contributed by atoms with Crippen LogP contribution in [0.15, 0.2) is 66.7 Å². The SMILES string of the molecule is O=C(Nc1cc(Cl)ccc1OC1CCCC[C@H]1c1ccccc1)c1cc(Cl)ccc1O. The third-order valence-electron chi connectivity index (χ3n) is 5.60. The number of rotatable bonds is 5. The van der Waals surface area contributed by atoms with Gasteiger partial charge in [-0.05, 0) is 61.2 Å². The van der Waals surface area contributed by atoms with Gasteiger partial charge in [0.05, 0.1) is 11.3 Å². The van der Waals surface area contributed by atoms with Crippen LogP contribution in [0, 0.1) is 0 Å². The lowest BCUT2D eigenvalue weighted by molar-refractivity contribution is 0.102. The van der Waals surface area contributed by atoms with Gasteiger partial charge in [0.2, 0.25) is 0 Å². The molecule has 6 heteroatoms. The molecule has 160 valence electrons. The van der Waals surface area contributed by atoms with Crippen molar-refractivity contribution in [3.05, 3.63) is 87.9 Å². The van der Waals surface area contributed by atoms with Crippen LogP contribution in [-0.4, -0.2) is 17.1 Å². The van der Waals surface area contributed by atoms with Crippen LogP contribution in [0.4, 0.5) is 5.69 Å². The Labute approximate surface area is 191 Å². The molecular weight excluding hydrogens is 433 g/mol. The topological polar surface area (TPSA) is 58.6 Å². The molecule has 1 amide bonds. The van der Waals surface area contributed by atoms with Gasteiger partial charge in [0, 0.05) is 16.0 Å². The molecule has 1 unspecified atom stereocenters. The quantitative estimate of drug-likeness (QED) is 0.432. The van der Waals surface area contributed by atoms with Crippen molar-refractivity contribution in [2.75, 3.05) is 5.32 Å². The highest BCUT2D eigenvalue weighted by atomic mass is 35.5. The van der Waals surface area contributed by atoms with E-state index in [1.165, 1.54) is 23.8 Å². The number of halogens is 2. The number of ether oxygens (including phenoxy) is 1. The van der Waals surface area contributed by atoms with E-state index in [4.69, 9.17) is 27.9 Å². The minimum absolute atomic E-state index is 0.00690. The fraction of sp³-hybridized carbons (Fsp3) is 0.240. The van der Waals surface area contributed by atoms with Gasteiger partial charge in [-0.2, -0.15) is 0 Å². The average Bonchev–Trinajstić information content (AvgIpc) is 2.78. The van der Waals surface area contributed by atoms with Crippen LogP contribution < -0.4 is 10.1 Å². The molecule has 0 radical (unpaired) electrons. The molecule has 1 aliphatic rings. The Bertz CT molecular complexity index is 1070. The zero-order valence-electron chi connectivity index (χ0n) is 16.9. The molecule has 2 atom stereocenters. The molecule has 1 aliphatic carbocycles. The van der Waals surface area contributed by atoms with E-state index >= 15 is 0 Å². The van der Waals surface area contributed by atoms with Crippen molar-refractivity contribution >= 4 is 34.8 Å². The monoisotopic (exact) mass is 455 g/mol. The van der Waals surface area contributed by atoms with Crippen molar-refractivity contribution in [1.29, 1.82) is 0 Å². The minimum atomic E-state index is -0.490. The number of amides is 1. The van der Waals surface area contributed by atoms with Gasteiger partial charge in [-0.3, -0.25) is 4.79 Å². The second kappa shape index (κ2) is 9.63. The molecular formula is C25H23Cl2NO3. The normalized spacial score (nSPS) is 18.4. The van der Waals surface area contributed by atoms with Gasteiger partial charge >= 0.3 is 0 Å². The molecule has 3 aromatic rings. The van der Waals surface area contributed by atoms with Crippen molar-refractivity contribution in [3.8, 4) is 11.5 Å². The third-order valence-corrected chi connectivity index (χ3v) is 6.07. The lowest BCUT2D eigenvalue weighted by atomic mass is 9.81. The van der Waals surface area contributed by atoms with Gasteiger partial charge in [-0.1, -0.05) is 60.0 Å². The van der Waals surface area contributed by atoms with Gasteiger partial charge in [0.1, 0.15) is 17.6 Å². The molecule has 4 rings (SSSR count). The van der Waals surface area contributed by atoms with E-state index in [-0.39, 0.29) is 23.3 Å². The molecule has 0 spiro atoms. The highest BCUT2D eigenvalue weighted by Gasteiger charge is 2.29. The van der Waals surface area contributed by atoms with E-state index in [9.17, 15) is 9.90 Å². The summed E-state index contributed by atoms with van der Waals surface area (Å²) in [6.45, 7) is 0. The number of hydrogen-bond donors (Lipinski definition) is 2. The van der Waals surface area contributed by atoms with E-state index in [0.717, 1.165) is 25.7 Å². The van der Waals surface area contributed by atoms with Crippen LogP contribution in [-0.2, 0) is 0 Å². The number of aromatic hydroxyl groups is 1. The summed E-state index contributed by atoms with van der Waals surface area (Å²) in [5.74, 6) is 0.191. The van der Waals surface area contributed by atoms with Crippen LogP contribution in [0.5, 0.6) is 11.5 Å². The molecule has 0 aromatic heterocycles. The molecule has 1 fully saturated rings. The van der Waals surface area contributed by atoms with Crippen LogP contribution in [0.2, 0.25) is 10.0 Å². The Morgan fingerprint density at radius 3 is 2.45 bits per heavy atom. The second-order valence-electron chi connectivity index (χ2n) is 7.71. The van der Waals surface area contributed by atoms with Gasteiger partial charge in [-0.15, -0.1) is 0 Å². The first kappa shape index (κ1) is 21.5. The zero-order valence-corrected chi connectivity index (χ0v) is 18.4. The lowest BCUT2D eigenvalue weighted by Crippen LogP contribution is -2.29. The summed E-state index contributed by atoms with van der Waals surface area (Å²) in [5.41, 5.74) is 1.79. The molecule has 0 bridgehead atoms. The standard InChI is InChI=1S/C25H23Cl2NO3/c26-17-10-12-22(29)20(14-17)25(30)28-21-15-18(27)11-13-24(21)31-23-9-5-4-8-19(23)16-6-2-1-3-7-16/h1-3,6-7,10-15,19,23,29H,4-5,8-9H2,(H,28,30)/t19-,23?/m0/s1. The number of phenols is 1. The van der Waals surface area contributed by atoms with Crippen molar-refractivity contribution < 1.29 is 14.6 Å². The van der Waals surface area contributed by atoms with Crippen molar-refractivity contribution in [2.45, 2.75) is 37.7 Å². The molecule has 1 saturated carbocycles. The zero-order chi connectivity index (χ0) is 21.8. The Kier molecular flexibility index (Phi) is 6.69. The van der Waals surface area contributed by atoms with E-state index < -0.39 is 5.91 Å². The number of phenolic OH excluding ortho intramolecular Hbond substituents is 1. The minimum Gasteiger partial charge on any atom is -0.507 e. The number of carbonyl (C=O) groups is 1. The summed E-state index contributed by atoms with van der Waals surface area (Å²) in [7, 11) is 0. The molecule has 0 aliphatic heterocycles. The molecule has 0 heterocycles. The first-order chi connectivity index (χ1) is 15.0. The van der Waals surface area contributed by atoms with Crippen molar-refractivity contribution in [2.24, 2.45) is 0 Å². The third kappa shape index (κ3) is 5.15. The Hall–Kier alpha value is -2.69. The van der Waals surface area contributed by atoms with Gasteiger partial charge in [0.15, 0.2) is 0 Å². The van der Waals surface area contributed by atoms with Crippen LogP contribution in [0.1, 0.15) is 47.5 Å². The Morgan fingerprint density at radius 1 is 0.935 bits per heavy atom. The molecule has 0 saturated heterocycles.